The van der Waals surface area contributed by atoms with E-state index in [9.17, 15) is 9.90 Å². The van der Waals surface area contributed by atoms with Crippen molar-refractivity contribution in [2.24, 2.45) is 5.41 Å². The van der Waals surface area contributed by atoms with E-state index in [0.29, 0.717) is 0 Å². The van der Waals surface area contributed by atoms with Gasteiger partial charge in [0.1, 0.15) is 6.29 Å². The van der Waals surface area contributed by atoms with Crippen molar-refractivity contribution in [2.75, 3.05) is 20.1 Å². The Kier molecular flexibility index (Phi) is 4.74. The van der Waals surface area contributed by atoms with Gasteiger partial charge in [0.15, 0.2) is 0 Å². The molecule has 1 unspecified atom stereocenters. The quantitative estimate of drug-likeness (QED) is 0.679. The van der Waals surface area contributed by atoms with Crippen LogP contribution in [0.2, 0.25) is 0 Å². The van der Waals surface area contributed by atoms with Crippen molar-refractivity contribution in [1.82, 2.24) is 4.90 Å². The second-order valence-electron chi connectivity index (χ2n) is 5.06. The monoisotopic (exact) mass is 213 g/mol. The lowest BCUT2D eigenvalue weighted by molar-refractivity contribution is -0.116. The predicted octanol–water partition coefficient (Wildman–Crippen LogP) is 1.45. The third-order valence-corrected chi connectivity index (χ3v) is 3.36. The summed E-state index contributed by atoms with van der Waals surface area (Å²) >= 11 is 0. The van der Waals surface area contributed by atoms with E-state index >= 15 is 0 Å². The van der Waals surface area contributed by atoms with Gasteiger partial charge >= 0.3 is 0 Å². The molecule has 0 aromatic rings. The topological polar surface area (TPSA) is 40.5 Å². The van der Waals surface area contributed by atoms with Gasteiger partial charge < -0.3 is 14.8 Å². The summed E-state index contributed by atoms with van der Waals surface area (Å²) in [6.45, 7) is 3.52. The van der Waals surface area contributed by atoms with Crippen LogP contribution in [0.3, 0.4) is 0 Å². The van der Waals surface area contributed by atoms with Crippen molar-refractivity contribution in [3.63, 3.8) is 0 Å². The summed E-state index contributed by atoms with van der Waals surface area (Å²) in [6.07, 6.45) is 6.13. The molecule has 1 rings (SSSR count). The van der Waals surface area contributed by atoms with E-state index in [-0.39, 0.29) is 11.5 Å². The number of aliphatic hydroxyl groups excluding tert-OH is 1. The third kappa shape index (κ3) is 3.92. The molecule has 0 spiro atoms. The summed E-state index contributed by atoms with van der Waals surface area (Å²) in [5, 5.41) is 9.19. The Morgan fingerprint density at radius 2 is 2.07 bits per heavy atom. The van der Waals surface area contributed by atoms with Crippen LogP contribution in [-0.2, 0) is 4.79 Å². The van der Waals surface area contributed by atoms with E-state index in [1.165, 1.54) is 12.8 Å². The van der Waals surface area contributed by atoms with Crippen LogP contribution in [0.15, 0.2) is 0 Å². The molecular weight excluding hydrogens is 190 g/mol. The average molecular weight is 213 g/mol. The summed E-state index contributed by atoms with van der Waals surface area (Å²) in [4.78, 5) is 13.3. The van der Waals surface area contributed by atoms with E-state index in [0.717, 1.165) is 38.6 Å². The number of carbonyl (C=O) groups excluding carboxylic acids is 1. The Labute approximate surface area is 92.5 Å². The van der Waals surface area contributed by atoms with E-state index < -0.39 is 0 Å². The molecule has 0 radical (unpaired) electrons. The highest BCUT2D eigenvalue weighted by Gasteiger charge is 2.34. The first kappa shape index (κ1) is 12.7. The second-order valence-corrected chi connectivity index (χ2v) is 5.06. The van der Waals surface area contributed by atoms with Crippen molar-refractivity contribution in [3.8, 4) is 0 Å². The summed E-state index contributed by atoms with van der Waals surface area (Å²) in [5.41, 5.74) is -0.0898. The van der Waals surface area contributed by atoms with Gasteiger partial charge in [-0.1, -0.05) is 12.8 Å². The van der Waals surface area contributed by atoms with Gasteiger partial charge in [-0.25, -0.2) is 0 Å². The Morgan fingerprint density at radius 3 is 2.53 bits per heavy atom. The molecule has 1 aliphatic rings. The predicted molar refractivity (Wildman–Crippen MR) is 60.8 cm³/mol. The highest BCUT2D eigenvalue weighted by atomic mass is 16.3. The maximum absolute atomic E-state index is 11.1. The molecule has 0 aliphatic heterocycles. The average Bonchev–Trinajstić information content (AvgIpc) is 2.64. The number of carbonyl (C=O) groups is 1. The lowest BCUT2D eigenvalue weighted by atomic mass is 9.87. The number of hydrogen-bond donors (Lipinski definition) is 1. The van der Waals surface area contributed by atoms with E-state index in [2.05, 4.69) is 4.90 Å². The maximum Gasteiger partial charge on any atom is 0.127 e. The van der Waals surface area contributed by atoms with E-state index in [1.807, 2.05) is 7.05 Å². The molecule has 0 bridgehead atoms. The van der Waals surface area contributed by atoms with Gasteiger partial charge in [0, 0.05) is 18.5 Å². The largest absolute Gasteiger partial charge is 0.393 e. The van der Waals surface area contributed by atoms with Gasteiger partial charge in [-0.05, 0) is 33.2 Å². The molecule has 0 saturated heterocycles. The summed E-state index contributed by atoms with van der Waals surface area (Å²) in [6, 6.07) is 0. The molecule has 0 aromatic heterocycles. The second kappa shape index (κ2) is 5.61. The SMILES string of the molecule is CC(O)CCN(C)CC1(C=O)CCCC1. The first-order chi connectivity index (χ1) is 7.08. The number of aldehydes is 1. The van der Waals surface area contributed by atoms with E-state index in [4.69, 9.17) is 0 Å². The van der Waals surface area contributed by atoms with Gasteiger partial charge in [0.2, 0.25) is 0 Å². The zero-order valence-corrected chi connectivity index (χ0v) is 9.91. The minimum absolute atomic E-state index is 0.0898. The molecule has 88 valence electrons. The highest BCUT2D eigenvalue weighted by molar-refractivity contribution is 5.60. The normalized spacial score (nSPS) is 21.9. The molecule has 0 aromatic carbocycles. The zero-order valence-electron chi connectivity index (χ0n) is 9.91. The fraction of sp³-hybridized carbons (Fsp3) is 0.917. The number of hydrogen-bond acceptors (Lipinski definition) is 3. The van der Waals surface area contributed by atoms with Crippen molar-refractivity contribution < 1.29 is 9.90 Å². The summed E-state index contributed by atoms with van der Waals surface area (Å²) < 4.78 is 0. The summed E-state index contributed by atoms with van der Waals surface area (Å²) in [5.74, 6) is 0. The first-order valence-corrected chi connectivity index (χ1v) is 5.91. The van der Waals surface area contributed by atoms with Gasteiger partial charge in [-0.3, -0.25) is 0 Å². The lowest BCUT2D eigenvalue weighted by Crippen LogP contribution is -2.36. The standard InChI is InChI=1S/C12H23NO2/c1-11(15)5-8-13(2)9-12(10-14)6-3-4-7-12/h10-11,15H,3-9H2,1-2H3. The number of rotatable bonds is 6. The molecule has 3 heteroatoms. The smallest absolute Gasteiger partial charge is 0.127 e. The lowest BCUT2D eigenvalue weighted by Gasteiger charge is -2.28. The molecule has 1 fully saturated rings. The third-order valence-electron chi connectivity index (χ3n) is 3.36. The molecular formula is C12H23NO2. The summed E-state index contributed by atoms with van der Waals surface area (Å²) in [7, 11) is 2.03. The van der Waals surface area contributed by atoms with Crippen molar-refractivity contribution in [2.45, 2.75) is 45.1 Å². The molecule has 1 N–H and O–H groups in total. The van der Waals surface area contributed by atoms with Crippen molar-refractivity contribution in [1.29, 1.82) is 0 Å². The van der Waals surface area contributed by atoms with Crippen LogP contribution in [-0.4, -0.2) is 42.5 Å². The van der Waals surface area contributed by atoms with E-state index in [1.54, 1.807) is 6.92 Å². The molecule has 1 atom stereocenters. The van der Waals surface area contributed by atoms with Crippen LogP contribution in [0.5, 0.6) is 0 Å². The fourth-order valence-electron chi connectivity index (χ4n) is 2.42. The van der Waals surface area contributed by atoms with Crippen LogP contribution in [0.4, 0.5) is 0 Å². The van der Waals surface area contributed by atoms with Crippen LogP contribution in [0, 0.1) is 5.41 Å². The van der Waals surface area contributed by atoms with Gasteiger partial charge in [-0.2, -0.15) is 0 Å². The Hall–Kier alpha value is -0.410. The fourth-order valence-corrected chi connectivity index (χ4v) is 2.42. The van der Waals surface area contributed by atoms with Crippen LogP contribution < -0.4 is 0 Å². The van der Waals surface area contributed by atoms with Gasteiger partial charge in [0.05, 0.1) is 6.10 Å². The number of nitrogens with zero attached hydrogens (tertiary/aromatic N) is 1. The molecule has 3 nitrogen and oxygen atoms in total. The minimum Gasteiger partial charge on any atom is -0.393 e. The maximum atomic E-state index is 11.1. The number of aliphatic hydroxyl groups is 1. The molecule has 0 amide bonds. The first-order valence-electron chi connectivity index (χ1n) is 5.91. The van der Waals surface area contributed by atoms with Gasteiger partial charge in [0.25, 0.3) is 0 Å². The molecule has 1 aliphatic carbocycles. The Balaban J connectivity index is 2.34. The highest BCUT2D eigenvalue weighted by Crippen LogP contribution is 2.36. The molecule has 15 heavy (non-hydrogen) atoms. The Morgan fingerprint density at radius 1 is 1.47 bits per heavy atom. The van der Waals surface area contributed by atoms with Crippen LogP contribution in [0.1, 0.15) is 39.0 Å². The van der Waals surface area contributed by atoms with Crippen LogP contribution >= 0.6 is 0 Å². The molecule has 1 saturated carbocycles. The van der Waals surface area contributed by atoms with Crippen molar-refractivity contribution in [3.05, 3.63) is 0 Å². The zero-order chi connectivity index (χ0) is 11.3. The minimum atomic E-state index is -0.247. The molecule has 0 heterocycles. The van der Waals surface area contributed by atoms with Gasteiger partial charge in [-0.15, -0.1) is 0 Å². The van der Waals surface area contributed by atoms with Crippen LogP contribution in [0.25, 0.3) is 0 Å². The Bertz CT molecular complexity index is 198. The van der Waals surface area contributed by atoms with Crippen molar-refractivity contribution >= 4 is 6.29 Å².